The van der Waals surface area contributed by atoms with E-state index in [4.69, 9.17) is 9.72 Å². The third-order valence-electron chi connectivity index (χ3n) is 5.30. The lowest BCUT2D eigenvalue weighted by molar-refractivity contribution is -0.121. The van der Waals surface area contributed by atoms with Crippen LogP contribution in [0.2, 0.25) is 0 Å². The Labute approximate surface area is 176 Å². The predicted molar refractivity (Wildman–Crippen MR) is 113 cm³/mol. The summed E-state index contributed by atoms with van der Waals surface area (Å²) in [6.45, 7) is 4.39. The number of benzene rings is 1. The second-order valence-corrected chi connectivity index (χ2v) is 8.38. The molecule has 7 heteroatoms. The summed E-state index contributed by atoms with van der Waals surface area (Å²) in [6, 6.07) is 7.44. The van der Waals surface area contributed by atoms with Crippen LogP contribution < -0.4 is 10.1 Å². The Balaban J connectivity index is 1.56. The minimum atomic E-state index is -0.127. The lowest BCUT2D eigenvalue weighted by Crippen LogP contribution is -2.37. The summed E-state index contributed by atoms with van der Waals surface area (Å²) in [5.74, 6) is 1.27. The molecule has 3 aromatic rings. The molecule has 1 atom stereocenters. The number of hydrogen-bond acceptors (Lipinski definition) is 6. The molecule has 0 saturated heterocycles. The summed E-state index contributed by atoms with van der Waals surface area (Å²) in [4.78, 5) is 30.4. The fraction of sp³-hybridized carbons (Fsp3) is 0.348. The van der Waals surface area contributed by atoms with Crippen molar-refractivity contribution >= 4 is 5.91 Å². The highest BCUT2D eigenvalue weighted by Gasteiger charge is 2.34. The lowest BCUT2D eigenvalue weighted by atomic mass is 9.74. The molecule has 0 radical (unpaired) electrons. The normalized spacial score (nSPS) is 17.1. The van der Waals surface area contributed by atoms with Crippen molar-refractivity contribution < 1.29 is 9.53 Å². The number of carbonyl (C=O) groups is 1. The van der Waals surface area contributed by atoms with Crippen LogP contribution in [-0.4, -0.2) is 33.0 Å². The van der Waals surface area contributed by atoms with Crippen molar-refractivity contribution in [3.8, 4) is 17.3 Å². The van der Waals surface area contributed by atoms with Crippen LogP contribution in [0, 0.1) is 5.41 Å². The molecule has 1 aromatic carbocycles. The molecule has 1 unspecified atom stereocenters. The molecule has 1 aliphatic carbocycles. The van der Waals surface area contributed by atoms with E-state index in [1.807, 2.05) is 30.5 Å². The first kappa shape index (κ1) is 19.9. The van der Waals surface area contributed by atoms with E-state index in [-0.39, 0.29) is 17.4 Å². The van der Waals surface area contributed by atoms with Gasteiger partial charge >= 0.3 is 0 Å². The Bertz CT molecular complexity index is 1050. The number of nitrogens with one attached hydrogen (secondary N) is 1. The first-order chi connectivity index (χ1) is 14.4. The summed E-state index contributed by atoms with van der Waals surface area (Å²) < 4.78 is 5.25. The molecular weight excluding hydrogens is 378 g/mol. The number of carbonyl (C=O) groups excluding carboxylic acids is 1. The van der Waals surface area contributed by atoms with Gasteiger partial charge in [0.1, 0.15) is 11.4 Å². The molecule has 2 heterocycles. The van der Waals surface area contributed by atoms with Gasteiger partial charge in [0.15, 0.2) is 5.82 Å². The molecule has 30 heavy (non-hydrogen) atoms. The Morgan fingerprint density at radius 1 is 1.23 bits per heavy atom. The summed E-state index contributed by atoms with van der Waals surface area (Å²) in [5, 5.41) is 3.19. The number of fused-ring (bicyclic) bond motifs is 1. The van der Waals surface area contributed by atoms with E-state index < -0.39 is 0 Å². The quantitative estimate of drug-likeness (QED) is 0.703. The van der Waals surface area contributed by atoms with Crippen LogP contribution in [0.4, 0.5) is 0 Å². The van der Waals surface area contributed by atoms with Crippen molar-refractivity contribution in [1.29, 1.82) is 0 Å². The lowest BCUT2D eigenvalue weighted by Gasteiger charge is -2.36. The fourth-order valence-electron chi connectivity index (χ4n) is 3.93. The van der Waals surface area contributed by atoms with E-state index >= 15 is 0 Å². The maximum Gasteiger partial charge on any atom is 0.224 e. The molecule has 1 aliphatic rings. The molecule has 1 amide bonds. The van der Waals surface area contributed by atoms with E-state index in [9.17, 15) is 4.79 Å². The minimum absolute atomic E-state index is 0.00883. The average Bonchev–Trinajstić information content (AvgIpc) is 2.73. The number of rotatable bonds is 5. The van der Waals surface area contributed by atoms with Gasteiger partial charge in [0, 0.05) is 24.2 Å². The highest BCUT2D eigenvalue weighted by atomic mass is 16.5. The fourth-order valence-corrected chi connectivity index (χ4v) is 3.93. The van der Waals surface area contributed by atoms with Crippen molar-refractivity contribution in [2.24, 2.45) is 5.41 Å². The van der Waals surface area contributed by atoms with Gasteiger partial charge in [0.2, 0.25) is 5.91 Å². The molecule has 1 N–H and O–H groups in total. The van der Waals surface area contributed by atoms with Gasteiger partial charge in [-0.3, -0.25) is 9.78 Å². The van der Waals surface area contributed by atoms with Crippen molar-refractivity contribution in [3.63, 3.8) is 0 Å². The Morgan fingerprint density at radius 3 is 2.87 bits per heavy atom. The molecule has 0 bridgehead atoms. The van der Waals surface area contributed by atoms with Crippen LogP contribution in [0.25, 0.3) is 11.5 Å². The first-order valence-corrected chi connectivity index (χ1v) is 9.98. The smallest absolute Gasteiger partial charge is 0.224 e. The number of methoxy groups -OCH3 is 1. The third kappa shape index (κ3) is 4.45. The summed E-state index contributed by atoms with van der Waals surface area (Å²) in [5.41, 5.74) is 3.49. The van der Waals surface area contributed by atoms with Crippen LogP contribution in [-0.2, 0) is 17.6 Å². The number of nitrogens with zero attached hydrogens (tertiary/aromatic N) is 4. The molecule has 7 nitrogen and oxygen atoms in total. The number of amides is 1. The zero-order valence-electron chi connectivity index (χ0n) is 17.4. The number of hydrogen-bond donors (Lipinski definition) is 1. The summed E-state index contributed by atoms with van der Waals surface area (Å²) in [7, 11) is 1.62. The van der Waals surface area contributed by atoms with Gasteiger partial charge in [-0.15, -0.1) is 0 Å². The maximum atomic E-state index is 12.8. The molecule has 0 saturated carbocycles. The highest BCUT2D eigenvalue weighted by Crippen LogP contribution is 2.40. The van der Waals surface area contributed by atoms with Crippen molar-refractivity contribution in [1.82, 2.24) is 25.3 Å². The second kappa shape index (κ2) is 8.18. The zero-order chi connectivity index (χ0) is 21.1. The standard InChI is InChI=1S/C23H25N5O2/c1-23(2)11-18(27-21(29)10-15-5-4-6-16(9-15)30-3)17-13-26-22(28-19(17)12-23)20-14-24-7-8-25-20/h4-9,13-14,18H,10-12H2,1-3H3,(H,27,29). The van der Waals surface area contributed by atoms with E-state index in [1.165, 1.54) is 0 Å². The van der Waals surface area contributed by atoms with E-state index in [0.717, 1.165) is 35.4 Å². The van der Waals surface area contributed by atoms with Gasteiger partial charge < -0.3 is 10.1 Å². The van der Waals surface area contributed by atoms with Gasteiger partial charge in [-0.05, 0) is 36.0 Å². The molecule has 0 aliphatic heterocycles. The van der Waals surface area contributed by atoms with Gasteiger partial charge in [0.25, 0.3) is 0 Å². The van der Waals surface area contributed by atoms with Crippen LogP contribution in [0.15, 0.2) is 49.1 Å². The first-order valence-electron chi connectivity index (χ1n) is 9.98. The minimum Gasteiger partial charge on any atom is -0.497 e. The molecule has 0 fully saturated rings. The predicted octanol–water partition coefficient (Wildman–Crippen LogP) is 3.31. The van der Waals surface area contributed by atoms with Crippen molar-refractivity contribution in [3.05, 3.63) is 65.9 Å². The molecule has 0 spiro atoms. The Hall–Kier alpha value is -3.35. The Kier molecular flexibility index (Phi) is 5.44. The van der Waals surface area contributed by atoms with Gasteiger partial charge in [-0.1, -0.05) is 26.0 Å². The van der Waals surface area contributed by atoms with Crippen LogP contribution in [0.3, 0.4) is 0 Å². The summed E-state index contributed by atoms with van der Waals surface area (Å²) in [6.07, 6.45) is 8.67. The van der Waals surface area contributed by atoms with Gasteiger partial charge in [0.05, 0.1) is 31.5 Å². The SMILES string of the molecule is COc1cccc(CC(=O)NC2CC(C)(C)Cc3nc(-c4cnccn4)ncc32)c1. The topological polar surface area (TPSA) is 89.9 Å². The maximum absolute atomic E-state index is 12.8. The molecule has 4 rings (SSSR count). The molecule has 2 aromatic heterocycles. The number of aromatic nitrogens is 4. The molecule has 154 valence electrons. The summed E-state index contributed by atoms with van der Waals surface area (Å²) >= 11 is 0. The van der Waals surface area contributed by atoms with Gasteiger partial charge in [-0.25, -0.2) is 15.0 Å². The van der Waals surface area contributed by atoms with E-state index in [0.29, 0.717) is 17.9 Å². The number of ether oxygens (including phenoxy) is 1. The van der Waals surface area contributed by atoms with E-state index in [1.54, 1.807) is 25.7 Å². The monoisotopic (exact) mass is 403 g/mol. The third-order valence-corrected chi connectivity index (χ3v) is 5.30. The second-order valence-electron chi connectivity index (χ2n) is 8.38. The van der Waals surface area contributed by atoms with Gasteiger partial charge in [-0.2, -0.15) is 0 Å². The molecular formula is C23H25N5O2. The van der Waals surface area contributed by atoms with Crippen molar-refractivity contribution in [2.75, 3.05) is 7.11 Å². The Morgan fingerprint density at radius 2 is 2.10 bits per heavy atom. The van der Waals surface area contributed by atoms with E-state index in [2.05, 4.69) is 34.1 Å². The van der Waals surface area contributed by atoms with Crippen molar-refractivity contribution in [2.45, 2.75) is 39.2 Å². The average molecular weight is 403 g/mol. The van der Waals surface area contributed by atoms with Crippen LogP contribution in [0.5, 0.6) is 5.75 Å². The van der Waals surface area contributed by atoms with Crippen LogP contribution in [0.1, 0.15) is 43.1 Å². The zero-order valence-corrected chi connectivity index (χ0v) is 17.4. The highest BCUT2D eigenvalue weighted by molar-refractivity contribution is 5.79. The van der Waals surface area contributed by atoms with Crippen LogP contribution >= 0.6 is 0 Å². The largest absolute Gasteiger partial charge is 0.497 e.